The van der Waals surface area contributed by atoms with Crippen LogP contribution in [-0.4, -0.2) is 47.7 Å². The van der Waals surface area contributed by atoms with E-state index in [1.807, 2.05) is 6.07 Å². The molecule has 148 valence electrons. The van der Waals surface area contributed by atoms with E-state index in [4.69, 9.17) is 10.5 Å². The van der Waals surface area contributed by atoms with Gasteiger partial charge in [-0.2, -0.15) is 5.26 Å². The molecule has 0 aromatic carbocycles. The van der Waals surface area contributed by atoms with Crippen LogP contribution in [0.25, 0.3) is 0 Å². The lowest BCUT2D eigenvalue weighted by Gasteiger charge is -2.54. The summed E-state index contributed by atoms with van der Waals surface area (Å²) in [4.78, 5) is 14.5. The lowest BCUT2D eigenvalue weighted by molar-refractivity contribution is -0.117. The Morgan fingerprint density at radius 2 is 1.85 bits per heavy atom. The Kier molecular flexibility index (Phi) is 8.58. The normalized spacial score (nSPS) is 19.9. The summed E-state index contributed by atoms with van der Waals surface area (Å²) < 4.78 is 5.48. The van der Waals surface area contributed by atoms with Gasteiger partial charge in [0.25, 0.3) is 5.91 Å². The first-order chi connectivity index (χ1) is 12.1. The fraction of sp³-hybridized carbons (Fsp3) is 0.800. The second-order valence-electron chi connectivity index (χ2n) is 8.39. The average Bonchev–Trinajstić information content (AvgIpc) is 2.51. The number of nitriles is 1. The number of amides is 1. The van der Waals surface area contributed by atoms with Gasteiger partial charge in [0.1, 0.15) is 11.6 Å². The molecule has 6 nitrogen and oxygen atoms in total. The standard InChI is InChI=1S/C20H36N4O2/c1-6-7-10-26-11-8-9-23-18(25)16(14-21)15-24-19(2,3)12-17(22)13-20(24,4)5/h15,17H,6-13,22H2,1-5H3,(H,23,25)/b16-15-. The molecule has 1 fully saturated rings. The van der Waals surface area contributed by atoms with Gasteiger partial charge in [0, 0.05) is 43.1 Å². The number of hydrogen-bond donors (Lipinski definition) is 2. The number of unbranched alkanes of at least 4 members (excludes halogenated alkanes) is 1. The molecule has 1 heterocycles. The van der Waals surface area contributed by atoms with Crippen molar-refractivity contribution in [1.29, 1.82) is 5.26 Å². The van der Waals surface area contributed by atoms with E-state index in [-0.39, 0.29) is 28.6 Å². The van der Waals surface area contributed by atoms with Crippen molar-refractivity contribution in [3.63, 3.8) is 0 Å². The molecule has 1 rings (SSSR count). The number of piperidine rings is 1. The Morgan fingerprint density at radius 1 is 1.27 bits per heavy atom. The molecule has 1 amide bonds. The highest BCUT2D eigenvalue weighted by Crippen LogP contribution is 2.38. The lowest BCUT2D eigenvalue weighted by Crippen LogP contribution is -2.61. The number of nitrogens with one attached hydrogen (secondary N) is 1. The molecule has 1 aliphatic heterocycles. The molecular formula is C20H36N4O2. The molecule has 1 aliphatic rings. The van der Waals surface area contributed by atoms with Gasteiger partial charge in [0.05, 0.1) is 0 Å². The van der Waals surface area contributed by atoms with E-state index in [9.17, 15) is 10.1 Å². The number of carbonyl (C=O) groups excluding carboxylic acids is 1. The van der Waals surface area contributed by atoms with Crippen LogP contribution in [0.4, 0.5) is 0 Å². The number of hydrogen-bond acceptors (Lipinski definition) is 5. The summed E-state index contributed by atoms with van der Waals surface area (Å²) in [6.07, 6.45) is 6.26. The van der Waals surface area contributed by atoms with Crippen LogP contribution in [0.3, 0.4) is 0 Å². The summed E-state index contributed by atoms with van der Waals surface area (Å²) >= 11 is 0. The third-order valence-electron chi connectivity index (χ3n) is 4.84. The summed E-state index contributed by atoms with van der Waals surface area (Å²) in [6, 6.07) is 2.17. The minimum Gasteiger partial charge on any atom is -0.381 e. The third kappa shape index (κ3) is 6.62. The molecule has 0 saturated carbocycles. The van der Waals surface area contributed by atoms with Crippen molar-refractivity contribution in [3.8, 4) is 6.07 Å². The van der Waals surface area contributed by atoms with Gasteiger partial charge in [-0.05, 0) is 53.4 Å². The highest BCUT2D eigenvalue weighted by atomic mass is 16.5. The molecule has 0 bridgehead atoms. The van der Waals surface area contributed by atoms with Gasteiger partial charge >= 0.3 is 0 Å². The zero-order valence-corrected chi connectivity index (χ0v) is 17.1. The van der Waals surface area contributed by atoms with Gasteiger partial charge in [0.15, 0.2) is 0 Å². The van der Waals surface area contributed by atoms with E-state index in [1.54, 1.807) is 6.20 Å². The van der Waals surface area contributed by atoms with Gasteiger partial charge < -0.3 is 20.7 Å². The van der Waals surface area contributed by atoms with E-state index in [0.29, 0.717) is 13.2 Å². The van der Waals surface area contributed by atoms with Gasteiger partial charge in [-0.15, -0.1) is 0 Å². The van der Waals surface area contributed by atoms with Crippen molar-refractivity contribution in [2.24, 2.45) is 5.73 Å². The SMILES string of the molecule is CCCCOCCCNC(=O)/C(C#N)=C\N1C(C)(C)CC(N)CC1(C)C. The molecule has 1 saturated heterocycles. The second kappa shape index (κ2) is 9.94. The largest absolute Gasteiger partial charge is 0.381 e. The van der Waals surface area contributed by atoms with Crippen LogP contribution in [0.2, 0.25) is 0 Å². The minimum absolute atomic E-state index is 0.122. The van der Waals surface area contributed by atoms with E-state index < -0.39 is 0 Å². The average molecular weight is 365 g/mol. The summed E-state index contributed by atoms with van der Waals surface area (Å²) in [5.41, 5.74) is 5.90. The Hall–Kier alpha value is -1.58. The van der Waals surface area contributed by atoms with Crippen molar-refractivity contribution in [3.05, 3.63) is 11.8 Å². The molecule has 0 atom stereocenters. The smallest absolute Gasteiger partial charge is 0.263 e. The number of rotatable bonds is 9. The first kappa shape index (κ1) is 22.5. The van der Waals surface area contributed by atoms with Crippen LogP contribution in [0, 0.1) is 11.3 Å². The maximum atomic E-state index is 12.4. The van der Waals surface area contributed by atoms with E-state index in [0.717, 1.165) is 38.7 Å². The van der Waals surface area contributed by atoms with Gasteiger partial charge in [-0.3, -0.25) is 4.79 Å². The van der Waals surface area contributed by atoms with E-state index in [2.05, 4.69) is 44.8 Å². The maximum Gasteiger partial charge on any atom is 0.263 e. The Morgan fingerprint density at radius 3 is 2.38 bits per heavy atom. The predicted octanol–water partition coefficient (Wildman–Crippen LogP) is 2.70. The lowest BCUT2D eigenvalue weighted by atomic mass is 9.77. The highest BCUT2D eigenvalue weighted by Gasteiger charge is 2.43. The quantitative estimate of drug-likeness (QED) is 0.373. The number of ether oxygens (including phenoxy) is 1. The zero-order chi connectivity index (χ0) is 19.8. The fourth-order valence-electron chi connectivity index (χ4n) is 3.81. The molecule has 0 aliphatic carbocycles. The molecular weight excluding hydrogens is 328 g/mol. The minimum atomic E-state index is -0.331. The first-order valence-corrected chi connectivity index (χ1v) is 9.67. The second-order valence-corrected chi connectivity index (χ2v) is 8.39. The van der Waals surface area contributed by atoms with Gasteiger partial charge in [-0.1, -0.05) is 13.3 Å². The number of nitrogens with two attached hydrogens (primary N) is 1. The summed E-state index contributed by atoms with van der Waals surface area (Å²) in [7, 11) is 0. The van der Waals surface area contributed by atoms with E-state index >= 15 is 0 Å². The van der Waals surface area contributed by atoms with E-state index in [1.165, 1.54) is 0 Å². The highest BCUT2D eigenvalue weighted by molar-refractivity contribution is 5.97. The van der Waals surface area contributed by atoms with Crippen molar-refractivity contribution in [1.82, 2.24) is 10.2 Å². The van der Waals surface area contributed by atoms with Crippen LogP contribution >= 0.6 is 0 Å². The zero-order valence-electron chi connectivity index (χ0n) is 17.1. The predicted molar refractivity (Wildman–Crippen MR) is 104 cm³/mol. The van der Waals surface area contributed by atoms with Crippen LogP contribution in [-0.2, 0) is 9.53 Å². The maximum absolute atomic E-state index is 12.4. The number of carbonyl (C=O) groups is 1. The molecule has 26 heavy (non-hydrogen) atoms. The Labute approximate surface area is 158 Å². The van der Waals surface area contributed by atoms with Crippen molar-refractivity contribution in [2.75, 3.05) is 19.8 Å². The molecule has 0 aromatic heterocycles. The number of nitrogens with zero attached hydrogens (tertiary/aromatic N) is 2. The van der Waals surface area contributed by atoms with Crippen LogP contribution in [0.15, 0.2) is 11.8 Å². The topological polar surface area (TPSA) is 91.4 Å². The Balaban J connectivity index is 2.65. The fourth-order valence-corrected chi connectivity index (χ4v) is 3.81. The monoisotopic (exact) mass is 364 g/mol. The molecule has 3 N–H and O–H groups in total. The van der Waals surface area contributed by atoms with Gasteiger partial charge in [-0.25, -0.2) is 0 Å². The first-order valence-electron chi connectivity index (χ1n) is 9.67. The molecule has 0 aromatic rings. The van der Waals surface area contributed by atoms with Crippen LogP contribution in [0.1, 0.15) is 66.7 Å². The van der Waals surface area contributed by atoms with Crippen molar-refractivity contribution < 1.29 is 9.53 Å². The van der Waals surface area contributed by atoms with Crippen LogP contribution in [0.5, 0.6) is 0 Å². The summed E-state index contributed by atoms with van der Waals surface area (Å²) in [5, 5.41) is 12.3. The van der Waals surface area contributed by atoms with Gasteiger partial charge in [0.2, 0.25) is 0 Å². The molecule has 0 radical (unpaired) electrons. The number of likely N-dealkylation sites (tertiary alicyclic amines) is 1. The van der Waals surface area contributed by atoms with Crippen molar-refractivity contribution >= 4 is 5.91 Å². The van der Waals surface area contributed by atoms with Crippen LogP contribution < -0.4 is 11.1 Å². The summed E-state index contributed by atoms with van der Waals surface area (Å²) in [6.45, 7) is 12.4. The summed E-state index contributed by atoms with van der Waals surface area (Å²) in [5.74, 6) is -0.331. The third-order valence-corrected chi connectivity index (χ3v) is 4.84. The Bertz CT molecular complexity index is 516. The van der Waals surface area contributed by atoms with Crippen molar-refractivity contribution in [2.45, 2.75) is 83.8 Å². The molecule has 6 heteroatoms. The molecule has 0 spiro atoms. The molecule has 0 unspecified atom stereocenters.